The van der Waals surface area contributed by atoms with Crippen molar-refractivity contribution in [3.63, 3.8) is 0 Å². The van der Waals surface area contributed by atoms with E-state index in [0.29, 0.717) is 29.0 Å². The van der Waals surface area contributed by atoms with Crippen molar-refractivity contribution in [2.45, 2.75) is 25.8 Å². The Kier molecular flexibility index (Phi) is 6.01. The Morgan fingerprint density at radius 1 is 0.941 bits per heavy atom. The minimum absolute atomic E-state index is 0.0193. The molecule has 10 heteroatoms. The number of aromatic nitrogens is 1. The summed E-state index contributed by atoms with van der Waals surface area (Å²) in [5.74, 6) is -0.517. The van der Waals surface area contributed by atoms with Gasteiger partial charge in [-0.3, -0.25) is 4.79 Å². The first-order valence-corrected chi connectivity index (χ1v) is 10.2. The van der Waals surface area contributed by atoms with Gasteiger partial charge in [-0.25, -0.2) is 4.98 Å². The zero-order valence-electron chi connectivity index (χ0n) is 17.8. The number of nitrogens with zero attached hydrogens (tertiary/aromatic N) is 2. The van der Waals surface area contributed by atoms with Crippen molar-refractivity contribution in [3.05, 3.63) is 82.5 Å². The van der Waals surface area contributed by atoms with Crippen LogP contribution in [0.4, 0.5) is 26.3 Å². The summed E-state index contributed by atoms with van der Waals surface area (Å²) in [5.41, 5.74) is -1.25. The number of rotatable bonds is 3. The number of fused-ring (bicyclic) bond motifs is 1. The molecule has 34 heavy (non-hydrogen) atoms. The summed E-state index contributed by atoms with van der Waals surface area (Å²) in [6.07, 6.45) is -9.95. The monoisotopic (exact) mass is 480 g/mol. The summed E-state index contributed by atoms with van der Waals surface area (Å²) in [7, 11) is 0. The van der Waals surface area contributed by atoms with Crippen molar-refractivity contribution < 1.29 is 35.9 Å². The number of carbonyl (C=O) groups is 1. The fourth-order valence-electron chi connectivity index (χ4n) is 3.80. The summed E-state index contributed by atoms with van der Waals surface area (Å²) >= 11 is 0. The number of carbonyl (C=O) groups excluding carboxylic acids is 1. The molecular weight excluding hydrogens is 462 g/mol. The van der Waals surface area contributed by atoms with Gasteiger partial charge in [-0.15, -0.1) is 0 Å². The second-order valence-electron chi connectivity index (χ2n) is 7.85. The highest BCUT2D eigenvalue weighted by atomic mass is 19.4. The topological polar surface area (TPSA) is 42.4 Å². The van der Waals surface area contributed by atoms with E-state index in [1.807, 2.05) is 0 Å². The maximum atomic E-state index is 13.5. The van der Waals surface area contributed by atoms with Crippen LogP contribution in [-0.4, -0.2) is 28.9 Å². The van der Waals surface area contributed by atoms with Crippen LogP contribution in [0.5, 0.6) is 5.88 Å². The van der Waals surface area contributed by atoms with Crippen LogP contribution in [0.3, 0.4) is 0 Å². The van der Waals surface area contributed by atoms with E-state index in [-0.39, 0.29) is 36.2 Å². The lowest BCUT2D eigenvalue weighted by Crippen LogP contribution is -2.32. The van der Waals surface area contributed by atoms with Crippen LogP contribution in [0, 0.1) is 6.92 Å². The van der Waals surface area contributed by atoms with E-state index in [4.69, 9.17) is 4.74 Å². The molecule has 0 spiro atoms. The number of benzene rings is 2. The van der Waals surface area contributed by atoms with Crippen LogP contribution < -0.4 is 4.74 Å². The lowest BCUT2D eigenvalue weighted by molar-refractivity contribution is -0.143. The highest BCUT2D eigenvalue weighted by molar-refractivity contribution is 6.03. The van der Waals surface area contributed by atoms with E-state index in [1.54, 1.807) is 43.3 Å². The fourth-order valence-corrected chi connectivity index (χ4v) is 3.80. The molecule has 0 aliphatic carbocycles. The first-order chi connectivity index (χ1) is 15.9. The summed E-state index contributed by atoms with van der Waals surface area (Å²) < 4.78 is 85.2. The molecule has 3 aromatic rings. The molecule has 0 atom stereocenters. The van der Waals surface area contributed by atoms with Gasteiger partial charge in [0.05, 0.1) is 17.7 Å². The van der Waals surface area contributed by atoms with Crippen LogP contribution in [0.25, 0.3) is 11.1 Å². The second kappa shape index (κ2) is 8.66. The molecule has 2 heterocycles. The number of aryl methyl sites for hydroxylation is 1. The van der Waals surface area contributed by atoms with Crippen molar-refractivity contribution in [3.8, 4) is 17.0 Å². The molecule has 0 saturated heterocycles. The Hall–Kier alpha value is -3.56. The van der Waals surface area contributed by atoms with Crippen molar-refractivity contribution in [2.24, 2.45) is 0 Å². The van der Waals surface area contributed by atoms with Gasteiger partial charge in [0, 0.05) is 17.8 Å². The summed E-state index contributed by atoms with van der Waals surface area (Å²) in [4.78, 5) is 18.9. The molecule has 1 aliphatic heterocycles. The molecule has 0 bridgehead atoms. The first kappa shape index (κ1) is 23.6. The Labute approximate surface area is 190 Å². The number of pyridine rings is 1. The largest absolute Gasteiger partial charge is 0.475 e. The van der Waals surface area contributed by atoms with Crippen molar-refractivity contribution >= 4 is 5.91 Å². The predicted octanol–water partition coefficient (Wildman–Crippen LogP) is 6.13. The molecule has 1 amide bonds. The quantitative estimate of drug-likeness (QED) is 0.424. The standard InChI is InChI=1S/C24H18F6N2O2/c1-14-9-19(16-5-3-2-4-6-16)20-21(31-14)34-8-7-32(22(20)33)13-15-10-17(23(25,26)27)12-18(11-15)24(28,29)30/h2-6,9-12H,7-8,13H2,1H3. The molecule has 1 aliphatic rings. The van der Waals surface area contributed by atoms with Crippen LogP contribution >= 0.6 is 0 Å². The van der Waals surface area contributed by atoms with Gasteiger partial charge in [-0.2, -0.15) is 26.3 Å². The molecule has 4 rings (SSSR count). The number of halogens is 6. The van der Waals surface area contributed by atoms with E-state index in [0.717, 1.165) is 0 Å². The third-order valence-corrected chi connectivity index (χ3v) is 5.32. The fraction of sp³-hybridized carbons (Fsp3) is 0.250. The molecule has 0 fully saturated rings. The molecule has 178 valence electrons. The van der Waals surface area contributed by atoms with Crippen molar-refractivity contribution in [2.75, 3.05) is 13.2 Å². The molecule has 2 aromatic carbocycles. The first-order valence-electron chi connectivity index (χ1n) is 10.2. The van der Waals surface area contributed by atoms with Gasteiger partial charge in [-0.1, -0.05) is 30.3 Å². The highest BCUT2D eigenvalue weighted by Crippen LogP contribution is 2.37. The van der Waals surface area contributed by atoms with Crippen LogP contribution in [0.2, 0.25) is 0 Å². The molecule has 1 aromatic heterocycles. The molecular formula is C24H18F6N2O2. The number of hydrogen-bond acceptors (Lipinski definition) is 3. The highest BCUT2D eigenvalue weighted by Gasteiger charge is 2.37. The number of hydrogen-bond donors (Lipinski definition) is 0. The van der Waals surface area contributed by atoms with Crippen LogP contribution in [0.15, 0.2) is 54.6 Å². The average molecular weight is 480 g/mol. The van der Waals surface area contributed by atoms with Gasteiger partial charge < -0.3 is 9.64 Å². The number of alkyl halides is 6. The van der Waals surface area contributed by atoms with E-state index in [1.165, 1.54) is 4.90 Å². The molecule has 0 saturated carbocycles. The minimum Gasteiger partial charge on any atom is -0.475 e. The van der Waals surface area contributed by atoms with Crippen molar-refractivity contribution in [1.29, 1.82) is 0 Å². The van der Waals surface area contributed by atoms with Gasteiger partial charge in [0.1, 0.15) is 12.2 Å². The van der Waals surface area contributed by atoms with Crippen LogP contribution in [-0.2, 0) is 18.9 Å². The zero-order chi connectivity index (χ0) is 24.7. The summed E-state index contributed by atoms with van der Waals surface area (Å²) in [6, 6.07) is 11.9. The predicted molar refractivity (Wildman–Crippen MR) is 111 cm³/mol. The normalized spacial score (nSPS) is 14.4. The smallest absolute Gasteiger partial charge is 0.416 e. The van der Waals surface area contributed by atoms with Gasteiger partial charge in [0.2, 0.25) is 5.88 Å². The molecule has 0 N–H and O–H groups in total. The Bertz CT molecular complexity index is 1190. The van der Waals surface area contributed by atoms with Crippen LogP contribution in [0.1, 0.15) is 32.7 Å². The van der Waals surface area contributed by atoms with Gasteiger partial charge >= 0.3 is 12.4 Å². The third kappa shape index (κ3) is 4.85. The lowest BCUT2D eigenvalue weighted by atomic mass is 9.99. The maximum absolute atomic E-state index is 13.5. The Morgan fingerprint density at radius 2 is 1.56 bits per heavy atom. The van der Waals surface area contributed by atoms with E-state index >= 15 is 0 Å². The minimum atomic E-state index is -4.98. The van der Waals surface area contributed by atoms with Gasteiger partial charge in [0.25, 0.3) is 5.91 Å². The Balaban J connectivity index is 1.76. The summed E-state index contributed by atoms with van der Waals surface area (Å²) in [5, 5.41) is 0. The number of ether oxygens (including phenoxy) is 1. The number of amides is 1. The lowest BCUT2D eigenvalue weighted by Gasteiger charge is -2.22. The summed E-state index contributed by atoms with van der Waals surface area (Å²) in [6.45, 7) is 1.20. The van der Waals surface area contributed by atoms with Gasteiger partial charge in [0.15, 0.2) is 0 Å². The average Bonchev–Trinajstić information content (AvgIpc) is 2.91. The SMILES string of the molecule is Cc1cc(-c2ccccc2)c2c(n1)OCCN(Cc1cc(C(F)(F)F)cc(C(F)(F)F)c1)C2=O. The Morgan fingerprint density at radius 3 is 2.15 bits per heavy atom. The van der Waals surface area contributed by atoms with E-state index in [2.05, 4.69) is 4.98 Å². The van der Waals surface area contributed by atoms with Crippen molar-refractivity contribution in [1.82, 2.24) is 9.88 Å². The second-order valence-corrected chi connectivity index (χ2v) is 7.85. The molecule has 0 radical (unpaired) electrons. The molecule has 4 nitrogen and oxygen atoms in total. The van der Waals surface area contributed by atoms with E-state index < -0.39 is 35.9 Å². The van der Waals surface area contributed by atoms with Gasteiger partial charge in [-0.05, 0) is 42.3 Å². The third-order valence-electron chi connectivity index (χ3n) is 5.32. The maximum Gasteiger partial charge on any atom is 0.416 e. The zero-order valence-corrected chi connectivity index (χ0v) is 17.8. The molecule has 0 unspecified atom stereocenters. The van der Waals surface area contributed by atoms with E-state index in [9.17, 15) is 31.1 Å².